The van der Waals surface area contributed by atoms with Crippen LogP contribution in [-0.2, 0) is 10.0 Å². The van der Waals surface area contributed by atoms with Gasteiger partial charge in [-0.2, -0.15) is 0 Å². The molecule has 0 aliphatic heterocycles. The van der Waals surface area contributed by atoms with E-state index in [2.05, 4.69) is 4.72 Å². The Morgan fingerprint density at radius 1 is 1.09 bits per heavy atom. The predicted molar refractivity (Wildman–Crippen MR) is 87.1 cm³/mol. The molecule has 3 N–H and O–H groups in total. The van der Waals surface area contributed by atoms with Crippen LogP contribution >= 0.6 is 11.6 Å². The van der Waals surface area contributed by atoms with Crippen LogP contribution in [0.3, 0.4) is 0 Å². The van der Waals surface area contributed by atoms with Gasteiger partial charge in [-0.3, -0.25) is 4.79 Å². The highest BCUT2D eigenvalue weighted by Gasteiger charge is 2.13. The SMILES string of the molecule is NC(=O)c1ccc(S(=O)(=O)NCCOc2ccc(Cl)cc2)cc1. The fourth-order valence-electron chi connectivity index (χ4n) is 1.76. The largest absolute Gasteiger partial charge is 0.492 e. The first kappa shape index (κ1) is 17.3. The van der Waals surface area contributed by atoms with Crippen LogP contribution < -0.4 is 15.2 Å². The Morgan fingerprint density at radius 3 is 2.26 bits per heavy atom. The molecule has 23 heavy (non-hydrogen) atoms. The van der Waals surface area contributed by atoms with Crippen LogP contribution in [0.1, 0.15) is 10.4 Å². The van der Waals surface area contributed by atoms with Gasteiger partial charge in [0.05, 0.1) is 4.90 Å². The summed E-state index contributed by atoms with van der Waals surface area (Å²) in [6.45, 7) is 0.267. The molecule has 1 amide bonds. The van der Waals surface area contributed by atoms with E-state index in [9.17, 15) is 13.2 Å². The summed E-state index contributed by atoms with van der Waals surface area (Å²) >= 11 is 5.76. The van der Waals surface area contributed by atoms with Gasteiger partial charge < -0.3 is 10.5 Å². The van der Waals surface area contributed by atoms with Gasteiger partial charge in [-0.05, 0) is 48.5 Å². The lowest BCUT2D eigenvalue weighted by Crippen LogP contribution is -2.28. The van der Waals surface area contributed by atoms with E-state index in [1.165, 1.54) is 24.3 Å². The average Bonchev–Trinajstić information content (AvgIpc) is 2.53. The predicted octanol–water partition coefficient (Wildman–Crippen LogP) is 1.80. The van der Waals surface area contributed by atoms with E-state index >= 15 is 0 Å². The maximum atomic E-state index is 12.1. The molecular weight excluding hydrogens is 340 g/mol. The summed E-state index contributed by atoms with van der Waals surface area (Å²) < 4.78 is 31.9. The highest BCUT2D eigenvalue weighted by Crippen LogP contribution is 2.15. The second-order valence-corrected chi connectivity index (χ2v) is 6.79. The van der Waals surface area contributed by atoms with E-state index in [1.807, 2.05) is 0 Å². The number of nitrogens with two attached hydrogens (primary N) is 1. The van der Waals surface area contributed by atoms with E-state index in [1.54, 1.807) is 24.3 Å². The Hall–Kier alpha value is -2.09. The van der Waals surface area contributed by atoms with E-state index in [0.717, 1.165) is 0 Å². The van der Waals surface area contributed by atoms with Crippen LogP contribution in [0.15, 0.2) is 53.4 Å². The molecule has 0 radical (unpaired) electrons. The van der Waals surface area contributed by atoms with Gasteiger partial charge in [-0.1, -0.05) is 11.6 Å². The molecule has 0 aliphatic rings. The minimum Gasteiger partial charge on any atom is -0.492 e. The number of halogens is 1. The van der Waals surface area contributed by atoms with Crippen molar-refractivity contribution in [3.05, 3.63) is 59.1 Å². The van der Waals surface area contributed by atoms with Gasteiger partial charge in [0.25, 0.3) is 0 Å². The number of carbonyl (C=O) groups is 1. The van der Waals surface area contributed by atoms with Gasteiger partial charge in [0.15, 0.2) is 0 Å². The summed E-state index contributed by atoms with van der Waals surface area (Å²) in [5.41, 5.74) is 5.35. The number of hydrogen-bond acceptors (Lipinski definition) is 4. The maximum Gasteiger partial charge on any atom is 0.248 e. The number of nitrogens with one attached hydrogen (secondary N) is 1. The zero-order valence-corrected chi connectivity index (χ0v) is 13.6. The molecule has 0 saturated heterocycles. The van der Waals surface area contributed by atoms with Crippen molar-refractivity contribution in [1.29, 1.82) is 0 Å². The second-order valence-electron chi connectivity index (χ2n) is 4.59. The monoisotopic (exact) mass is 354 g/mol. The number of ether oxygens (including phenoxy) is 1. The molecule has 0 fully saturated rings. The standard InChI is InChI=1S/C15H15ClN2O4S/c16-12-3-5-13(6-4-12)22-10-9-18-23(20,21)14-7-1-11(2-8-14)15(17)19/h1-8,18H,9-10H2,(H2,17,19). The van der Waals surface area contributed by atoms with Crippen molar-refractivity contribution in [2.75, 3.05) is 13.2 Å². The van der Waals surface area contributed by atoms with E-state index < -0.39 is 15.9 Å². The Balaban J connectivity index is 1.88. The van der Waals surface area contributed by atoms with Crippen molar-refractivity contribution in [2.24, 2.45) is 5.73 Å². The Kier molecular flexibility index (Phi) is 5.59. The van der Waals surface area contributed by atoms with Crippen LogP contribution in [0.2, 0.25) is 5.02 Å². The minimum atomic E-state index is -3.67. The van der Waals surface area contributed by atoms with E-state index in [0.29, 0.717) is 10.8 Å². The Bertz CT molecular complexity index is 774. The highest BCUT2D eigenvalue weighted by molar-refractivity contribution is 7.89. The number of amides is 1. The Morgan fingerprint density at radius 2 is 1.70 bits per heavy atom. The zero-order valence-electron chi connectivity index (χ0n) is 12.0. The molecule has 0 saturated carbocycles. The van der Waals surface area contributed by atoms with Gasteiger partial charge in [-0.15, -0.1) is 0 Å². The lowest BCUT2D eigenvalue weighted by molar-refractivity contribution is 0.1000. The van der Waals surface area contributed by atoms with Crippen LogP contribution in [0.5, 0.6) is 5.75 Å². The van der Waals surface area contributed by atoms with Crippen LogP contribution in [0, 0.1) is 0 Å². The second kappa shape index (κ2) is 7.45. The summed E-state index contributed by atoms with van der Waals surface area (Å²) in [6.07, 6.45) is 0. The molecule has 6 nitrogen and oxygen atoms in total. The number of hydrogen-bond donors (Lipinski definition) is 2. The molecule has 2 rings (SSSR count). The Labute approximate surface area is 139 Å². The number of benzene rings is 2. The first-order valence-corrected chi connectivity index (χ1v) is 8.52. The fourth-order valence-corrected chi connectivity index (χ4v) is 2.90. The third kappa shape index (κ3) is 4.95. The molecule has 2 aromatic rings. The van der Waals surface area contributed by atoms with Crippen LogP contribution in [-0.4, -0.2) is 27.5 Å². The van der Waals surface area contributed by atoms with Gasteiger partial charge in [0.1, 0.15) is 12.4 Å². The molecule has 0 spiro atoms. The number of carbonyl (C=O) groups excluding carboxylic acids is 1. The fraction of sp³-hybridized carbons (Fsp3) is 0.133. The zero-order chi connectivity index (χ0) is 16.9. The van der Waals surface area contributed by atoms with Gasteiger partial charge in [-0.25, -0.2) is 13.1 Å². The molecule has 8 heteroatoms. The third-order valence-electron chi connectivity index (χ3n) is 2.93. The molecule has 2 aromatic carbocycles. The minimum absolute atomic E-state index is 0.0500. The first-order chi connectivity index (χ1) is 10.9. The van der Waals surface area contributed by atoms with Crippen molar-refractivity contribution < 1.29 is 17.9 Å². The molecule has 0 bridgehead atoms. The summed E-state index contributed by atoms with van der Waals surface area (Å²) in [4.78, 5) is 11.0. The first-order valence-electron chi connectivity index (χ1n) is 6.66. The number of rotatable bonds is 7. The summed E-state index contributed by atoms with van der Waals surface area (Å²) in [7, 11) is -3.67. The lowest BCUT2D eigenvalue weighted by Gasteiger charge is -2.09. The molecule has 0 aromatic heterocycles. The molecule has 0 aliphatic carbocycles. The topological polar surface area (TPSA) is 98.5 Å². The summed E-state index contributed by atoms with van der Waals surface area (Å²) in [5.74, 6) is -0.0160. The molecule has 0 unspecified atom stereocenters. The molecular formula is C15H15ClN2O4S. The number of sulfonamides is 1. The van der Waals surface area contributed by atoms with Crippen molar-refractivity contribution in [1.82, 2.24) is 4.72 Å². The van der Waals surface area contributed by atoms with Gasteiger partial charge in [0, 0.05) is 17.1 Å². The molecule has 0 atom stereocenters. The third-order valence-corrected chi connectivity index (χ3v) is 4.65. The number of primary amides is 1. The summed E-state index contributed by atoms with van der Waals surface area (Å²) in [6, 6.07) is 12.1. The van der Waals surface area contributed by atoms with Crippen molar-refractivity contribution >= 4 is 27.5 Å². The normalized spacial score (nSPS) is 11.2. The van der Waals surface area contributed by atoms with Gasteiger partial charge >= 0.3 is 0 Å². The molecule has 0 heterocycles. The summed E-state index contributed by atoms with van der Waals surface area (Å²) in [5, 5.41) is 0.595. The van der Waals surface area contributed by atoms with E-state index in [4.69, 9.17) is 22.1 Å². The highest BCUT2D eigenvalue weighted by atomic mass is 35.5. The van der Waals surface area contributed by atoms with Crippen molar-refractivity contribution in [3.8, 4) is 5.75 Å². The quantitative estimate of drug-likeness (QED) is 0.740. The lowest BCUT2D eigenvalue weighted by atomic mass is 10.2. The molecule has 122 valence electrons. The average molecular weight is 355 g/mol. The van der Waals surface area contributed by atoms with Gasteiger partial charge in [0.2, 0.25) is 15.9 Å². The van der Waals surface area contributed by atoms with Crippen LogP contribution in [0.4, 0.5) is 0 Å². The van der Waals surface area contributed by atoms with E-state index in [-0.39, 0.29) is 23.6 Å². The smallest absolute Gasteiger partial charge is 0.248 e. The van der Waals surface area contributed by atoms with Crippen LogP contribution in [0.25, 0.3) is 0 Å². The van der Waals surface area contributed by atoms with Crippen molar-refractivity contribution in [3.63, 3.8) is 0 Å². The van der Waals surface area contributed by atoms with Crippen molar-refractivity contribution in [2.45, 2.75) is 4.90 Å². The maximum absolute atomic E-state index is 12.1.